The smallest absolute Gasteiger partial charge is 0.0423 e. The molecule has 15 heavy (non-hydrogen) atoms. The molecular formula is C12H15Cl2N. The predicted octanol–water partition coefficient (Wildman–Crippen LogP) is 3.79. The van der Waals surface area contributed by atoms with Gasteiger partial charge in [0.15, 0.2) is 0 Å². The number of hydrogen-bond acceptors (Lipinski definition) is 1. The molecule has 1 aromatic carbocycles. The molecule has 1 rings (SSSR count). The minimum absolute atomic E-state index is 0.143. The summed E-state index contributed by atoms with van der Waals surface area (Å²) in [7, 11) is 0. The maximum absolute atomic E-state index is 5.96. The van der Waals surface area contributed by atoms with E-state index >= 15 is 0 Å². The molecule has 1 aromatic rings. The van der Waals surface area contributed by atoms with Crippen LogP contribution in [0.15, 0.2) is 30.9 Å². The van der Waals surface area contributed by atoms with Crippen LogP contribution in [-0.4, -0.2) is 6.54 Å². The zero-order valence-electron chi connectivity index (χ0n) is 8.76. The molecular weight excluding hydrogens is 229 g/mol. The van der Waals surface area contributed by atoms with Crippen molar-refractivity contribution >= 4 is 23.2 Å². The summed E-state index contributed by atoms with van der Waals surface area (Å²) in [5.41, 5.74) is 6.71. The molecule has 0 amide bonds. The molecule has 0 fully saturated rings. The van der Waals surface area contributed by atoms with Crippen molar-refractivity contribution in [1.82, 2.24) is 0 Å². The summed E-state index contributed by atoms with van der Waals surface area (Å²) >= 11 is 11.9. The standard InChI is InChI=1S/C12H15Cl2N/c1-3-4-12(2,8-15)9-5-10(13)7-11(14)6-9/h3,5-7H,1,4,8,15H2,2H3. The maximum Gasteiger partial charge on any atom is 0.0423 e. The lowest BCUT2D eigenvalue weighted by molar-refractivity contribution is 0.491. The van der Waals surface area contributed by atoms with Crippen molar-refractivity contribution in [2.45, 2.75) is 18.8 Å². The van der Waals surface area contributed by atoms with Crippen molar-refractivity contribution in [2.75, 3.05) is 6.54 Å². The van der Waals surface area contributed by atoms with E-state index in [-0.39, 0.29) is 5.41 Å². The lowest BCUT2D eigenvalue weighted by Crippen LogP contribution is -2.31. The van der Waals surface area contributed by atoms with Gasteiger partial charge in [0.2, 0.25) is 0 Å². The van der Waals surface area contributed by atoms with E-state index in [9.17, 15) is 0 Å². The summed E-state index contributed by atoms with van der Waals surface area (Å²) in [4.78, 5) is 0. The first-order chi connectivity index (χ1) is 7.01. The molecule has 0 saturated carbocycles. The second-order valence-electron chi connectivity index (χ2n) is 3.92. The molecule has 1 nitrogen and oxygen atoms in total. The normalized spacial score (nSPS) is 14.7. The Bertz CT molecular complexity index is 342. The lowest BCUT2D eigenvalue weighted by atomic mass is 9.80. The quantitative estimate of drug-likeness (QED) is 0.801. The number of halogens is 2. The molecule has 3 heteroatoms. The minimum Gasteiger partial charge on any atom is -0.330 e. The van der Waals surface area contributed by atoms with Crippen LogP contribution in [0.3, 0.4) is 0 Å². The second-order valence-corrected chi connectivity index (χ2v) is 4.79. The summed E-state index contributed by atoms with van der Waals surface area (Å²) in [5, 5.41) is 1.28. The summed E-state index contributed by atoms with van der Waals surface area (Å²) in [6, 6.07) is 5.53. The highest BCUT2D eigenvalue weighted by molar-refractivity contribution is 6.34. The lowest BCUT2D eigenvalue weighted by Gasteiger charge is -2.27. The van der Waals surface area contributed by atoms with Crippen LogP contribution in [0.1, 0.15) is 18.9 Å². The van der Waals surface area contributed by atoms with Crippen LogP contribution in [0, 0.1) is 0 Å². The van der Waals surface area contributed by atoms with Gasteiger partial charge in [0.05, 0.1) is 0 Å². The predicted molar refractivity (Wildman–Crippen MR) is 67.7 cm³/mol. The fourth-order valence-corrected chi connectivity index (χ4v) is 2.07. The molecule has 1 atom stereocenters. The fourth-order valence-electron chi connectivity index (χ4n) is 1.54. The molecule has 82 valence electrons. The summed E-state index contributed by atoms with van der Waals surface area (Å²) < 4.78 is 0. The van der Waals surface area contributed by atoms with Crippen molar-refractivity contribution < 1.29 is 0 Å². The topological polar surface area (TPSA) is 26.0 Å². The SMILES string of the molecule is C=CCC(C)(CN)c1cc(Cl)cc(Cl)c1. The van der Waals surface area contributed by atoms with E-state index in [1.807, 2.05) is 18.2 Å². The number of hydrogen-bond donors (Lipinski definition) is 1. The van der Waals surface area contributed by atoms with Crippen molar-refractivity contribution in [3.05, 3.63) is 46.5 Å². The van der Waals surface area contributed by atoms with Gasteiger partial charge in [-0.25, -0.2) is 0 Å². The van der Waals surface area contributed by atoms with Crippen LogP contribution in [-0.2, 0) is 5.41 Å². The molecule has 2 N–H and O–H groups in total. The summed E-state index contributed by atoms with van der Waals surface area (Å²) in [5.74, 6) is 0. The number of nitrogens with two attached hydrogens (primary N) is 1. The molecule has 0 heterocycles. The zero-order chi connectivity index (χ0) is 11.5. The van der Waals surface area contributed by atoms with Crippen LogP contribution in [0.2, 0.25) is 10.0 Å². The first-order valence-electron chi connectivity index (χ1n) is 4.79. The molecule has 0 bridgehead atoms. The van der Waals surface area contributed by atoms with Gasteiger partial charge in [0.1, 0.15) is 0 Å². The highest BCUT2D eigenvalue weighted by Crippen LogP contribution is 2.31. The fraction of sp³-hybridized carbons (Fsp3) is 0.333. The van der Waals surface area contributed by atoms with Crippen LogP contribution >= 0.6 is 23.2 Å². The molecule has 0 aliphatic heterocycles. The Morgan fingerprint density at radius 2 is 1.87 bits per heavy atom. The third kappa shape index (κ3) is 2.97. The van der Waals surface area contributed by atoms with Crippen molar-refractivity contribution in [3.8, 4) is 0 Å². The first kappa shape index (κ1) is 12.6. The van der Waals surface area contributed by atoms with Gasteiger partial charge in [0, 0.05) is 22.0 Å². The molecule has 1 unspecified atom stereocenters. The van der Waals surface area contributed by atoms with Crippen molar-refractivity contribution in [1.29, 1.82) is 0 Å². The van der Waals surface area contributed by atoms with Gasteiger partial charge in [-0.1, -0.05) is 36.2 Å². The Balaban J connectivity index is 3.16. The van der Waals surface area contributed by atoms with E-state index < -0.39 is 0 Å². The van der Waals surface area contributed by atoms with Gasteiger partial charge in [0.25, 0.3) is 0 Å². The third-order valence-electron chi connectivity index (χ3n) is 2.60. The minimum atomic E-state index is -0.143. The Hall–Kier alpha value is -0.500. The van der Waals surface area contributed by atoms with Crippen LogP contribution in [0.5, 0.6) is 0 Å². The molecule has 0 aliphatic carbocycles. The van der Waals surface area contributed by atoms with Gasteiger partial charge in [-0.3, -0.25) is 0 Å². The largest absolute Gasteiger partial charge is 0.330 e. The van der Waals surface area contributed by atoms with Crippen LogP contribution in [0.4, 0.5) is 0 Å². The van der Waals surface area contributed by atoms with E-state index in [0.717, 1.165) is 12.0 Å². The first-order valence-corrected chi connectivity index (χ1v) is 5.55. The van der Waals surface area contributed by atoms with Gasteiger partial charge < -0.3 is 5.73 Å². The number of benzene rings is 1. The molecule has 0 aromatic heterocycles. The Morgan fingerprint density at radius 3 is 2.27 bits per heavy atom. The van der Waals surface area contributed by atoms with E-state index in [4.69, 9.17) is 28.9 Å². The second kappa shape index (κ2) is 5.02. The van der Waals surface area contributed by atoms with Crippen molar-refractivity contribution in [3.63, 3.8) is 0 Å². The molecule has 0 radical (unpaired) electrons. The monoisotopic (exact) mass is 243 g/mol. The Morgan fingerprint density at radius 1 is 1.33 bits per heavy atom. The van der Waals surface area contributed by atoms with Crippen LogP contribution < -0.4 is 5.73 Å². The average molecular weight is 244 g/mol. The van der Waals surface area contributed by atoms with E-state index in [1.54, 1.807) is 6.07 Å². The van der Waals surface area contributed by atoms with E-state index in [0.29, 0.717) is 16.6 Å². The van der Waals surface area contributed by atoms with Crippen LogP contribution in [0.25, 0.3) is 0 Å². The zero-order valence-corrected chi connectivity index (χ0v) is 10.3. The highest BCUT2D eigenvalue weighted by atomic mass is 35.5. The number of rotatable bonds is 4. The Labute approximate surface area is 101 Å². The van der Waals surface area contributed by atoms with Crippen molar-refractivity contribution in [2.24, 2.45) is 5.73 Å². The third-order valence-corrected chi connectivity index (χ3v) is 3.04. The average Bonchev–Trinajstić information content (AvgIpc) is 2.16. The molecule has 0 spiro atoms. The van der Waals surface area contributed by atoms with Gasteiger partial charge in [-0.2, -0.15) is 0 Å². The number of allylic oxidation sites excluding steroid dienone is 1. The van der Waals surface area contributed by atoms with E-state index in [2.05, 4.69) is 13.5 Å². The van der Waals surface area contributed by atoms with Gasteiger partial charge in [-0.15, -0.1) is 6.58 Å². The maximum atomic E-state index is 5.96. The van der Waals surface area contributed by atoms with E-state index in [1.165, 1.54) is 0 Å². The Kier molecular flexibility index (Phi) is 4.21. The highest BCUT2D eigenvalue weighted by Gasteiger charge is 2.24. The molecule has 0 aliphatic rings. The van der Waals surface area contributed by atoms with Gasteiger partial charge >= 0.3 is 0 Å². The molecule has 0 saturated heterocycles. The summed E-state index contributed by atoms with van der Waals surface area (Å²) in [6.07, 6.45) is 2.67. The van der Waals surface area contributed by atoms with Gasteiger partial charge in [-0.05, 0) is 30.2 Å². The summed E-state index contributed by atoms with van der Waals surface area (Å²) in [6.45, 7) is 6.36.